The summed E-state index contributed by atoms with van der Waals surface area (Å²) >= 11 is 1.89. The maximum atomic E-state index is 2.48. The molecule has 3 heteroatoms. The molecule has 0 bridgehead atoms. The largest absolute Gasteiger partial charge is 0.309 e. The van der Waals surface area contributed by atoms with Gasteiger partial charge in [-0.25, -0.2) is 0 Å². The Labute approximate surface area is 323 Å². The number of hydrogen-bond donors (Lipinski definition) is 0. The van der Waals surface area contributed by atoms with E-state index in [2.05, 4.69) is 216 Å². The van der Waals surface area contributed by atoms with E-state index in [1.54, 1.807) is 0 Å². The number of fused-ring (bicyclic) bond motifs is 7. The molecule has 2 heterocycles. The van der Waals surface area contributed by atoms with Crippen molar-refractivity contribution in [1.82, 2.24) is 4.57 Å². The molecule has 11 rings (SSSR count). The van der Waals surface area contributed by atoms with Crippen molar-refractivity contribution in [1.29, 1.82) is 0 Å². The number of aromatic nitrogens is 1. The van der Waals surface area contributed by atoms with Crippen LogP contribution in [0.4, 0.5) is 17.1 Å². The number of nitrogens with zero attached hydrogens (tertiary/aromatic N) is 2. The van der Waals surface area contributed by atoms with Crippen LogP contribution < -0.4 is 4.90 Å². The Kier molecular flexibility index (Phi) is 7.39. The zero-order chi connectivity index (χ0) is 36.3. The first-order valence-electron chi connectivity index (χ1n) is 18.8. The number of rotatable bonds is 6. The summed E-state index contributed by atoms with van der Waals surface area (Å²) in [5.41, 5.74) is 11.9. The predicted octanol–water partition coefficient (Wildman–Crippen LogP) is 15.1. The summed E-state index contributed by atoms with van der Waals surface area (Å²) in [5.74, 6) is 0. The maximum Gasteiger partial charge on any atom is 0.0640 e. The molecule has 11 aromatic rings. The summed E-state index contributed by atoms with van der Waals surface area (Å²) in [4.78, 5) is 2.48. The van der Waals surface area contributed by atoms with Gasteiger partial charge in [0.25, 0.3) is 0 Å². The normalized spacial score (nSPS) is 11.6. The van der Waals surface area contributed by atoms with E-state index >= 15 is 0 Å². The molecule has 0 N–H and O–H groups in total. The number of thiophene rings is 1. The highest BCUT2D eigenvalue weighted by molar-refractivity contribution is 7.27. The van der Waals surface area contributed by atoms with Crippen molar-refractivity contribution < 1.29 is 0 Å². The van der Waals surface area contributed by atoms with Gasteiger partial charge in [0, 0.05) is 48.6 Å². The summed E-state index contributed by atoms with van der Waals surface area (Å²) in [7, 11) is 0. The third-order valence-corrected chi connectivity index (χ3v) is 12.2. The number of anilines is 3. The van der Waals surface area contributed by atoms with E-state index in [4.69, 9.17) is 0 Å². The molecule has 0 unspecified atom stereocenters. The predicted molar refractivity (Wildman–Crippen MR) is 237 cm³/mol. The van der Waals surface area contributed by atoms with Crippen LogP contribution in [0.5, 0.6) is 0 Å². The minimum Gasteiger partial charge on any atom is -0.309 e. The molecule has 0 aliphatic carbocycles. The molecule has 0 saturated heterocycles. The van der Waals surface area contributed by atoms with Crippen molar-refractivity contribution in [2.75, 3.05) is 4.90 Å². The van der Waals surface area contributed by atoms with Crippen LogP contribution in [0.25, 0.3) is 80.7 Å². The molecular weight excluding hydrogens is 685 g/mol. The fourth-order valence-electron chi connectivity index (χ4n) is 8.55. The molecule has 2 aromatic heterocycles. The van der Waals surface area contributed by atoms with Crippen molar-refractivity contribution in [3.63, 3.8) is 0 Å². The second-order valence-corrected chi connectivity index (χ2v) is 15.1. The van der Waals surface area contributed by atoms with E-state index in [-0.39, 0.29) is 0 Å². The van der Waals surface area contributed by atoms with Crippen molar-refractivity contribution in [3.8, 4) is 27.9 Å². The van der Waals surface area contributed by atoms with Crippen LogP contribution in [0.2, 0.25) is 0 Å². The quantitative estimate of drug-likeness (QED) is 0.166. The lowest BCUT2D eigenvalue weighted by atomic mass is 10.00. The van der Waals surface area contributed by atoms with Gasteiger partial charge in [0.1, 0.15) is 0 Å². The van der Waals surface area contributed by atoms with Crippen molar-refractivity contribution >= 4 is 81.1 Å². The summed E-state index contributed by atoms with van der Waals surface area (Å²) in [6, 6.07) is 75.1. The first-order valence-corrected chi connectivity index (χ1v) is 19.6. The second kappa shape index (κ2) is 12.9. The lowest BCUT2D eigenvalue weighted by Crippen LogP contribution is -2.10. The topological polar surface area (TPSA) is 8.17 Å². The maximum absolute atomic E-state index is 2.48. The lowest BCUT2D eigenvalue weighted by molar-refractivity contribution is 1.18. The smallest absolute Gasteiger partial charge is 0.0640 e. The summed E-state index contributed by atoms with van der Waals surface area (Å²) < 4.78 is 5.01. The van der Waals surface area contributed by atoms with Gasteiger partial charge in [-0.15, -0.1) is 11.3 Å². The highest BCUT2D eigenvalue weighted by Gasteiger charge is 2.22. The van der Waals surface area contributed by atoms with E-state index in [0.717, 1.165) is 17.1 Å². The Balaban J connectivity index is 1.18. The summed E-state index contributed by atoms with van der Waals surface area (Å²) in [5, 5.41) is 7.49. The van der Waals surface area contributed by atoms with Crippen molar-refractivity contribution in [2.24, 2.45) is 0 Å². The molecule has 0 amide bonds. The van der Waals surface area contributed by atoms with E-state index in [0.29, 0.717) is 0 Å². The molecule has 55 heavy (non-hydrogen) atoms. The molecule has 0 aliphatic heterocycles. The van der Waals surface area contributed by atoms with Crippen LogP contribution >= 0.6 is 11.3 Å². The van der Waals surface area contributed by atoms with Gasteiger partial charge in [-0.3, -0.25) is 0 Å². The molecule has 0 saturated carbocycles. The number of para-hydroxylation sites is 3. The van der Waals surface area contributed by atoms with Gasteiger partial charge in [0.15, 0.2) is 0 Å². The van der Waals surface area contributed by atoms with Crippen LogP contribution in [-0.4, -0.2) is 4.57 Å². The van der Waals surface area contributed by atoms with E-state index < -0.39 is 0 Å². The summed E-state index contributed by atoms with van der Waals surface area (Å²) in [6.07, 6.45) is 0. The van der Waals surface area contributed by atoms with Crippen LogP contribution in [0.15, 0.2) is 206 Å². The molecule has 9 aromatic carbocycles. The SMILES string of the molecule is c1ccc(-c2cccc3c2sc2c(N(c4cccc(-c5cccc6c7ccccc7n(-c7ccccc7)c56)c4)c4cccc5ccccc45)cccc23)cc1. The van der Waals surface area contributed by atoms with Gasteiger partial charge in [-0.05, 0) is 64.5 Å². The Morgan fingerprint density at radius 2 is 0.964 bits per heavy atom. The van der Waals surface area contributed by atoms with Crippen LogP contribution in [0.1, 0.15) is 0 Å². The second-order valence-electron chi connectivity index (χ2n) is 14.1. The van der Waals surface area contributed by atoms with Gasteiger partial charge in [0.05, 0.1) is 27.1 Å². The van der Waals surface area contributed by atoms with E-state index in [9.17, 15) is 0 Å². The average molecular weight is 719 g/mol. The third-order valence-electron chi connectivity index (χ3n) is 11.0. The van der Waals surface area contributed by atoms with Crippen molar-refractivity contribution in [2.45, 2.75) is 0 Å². The minimum atomic E-state index is 1.11. The molecule has 258 valence electrons. The van der Waals surface area contributed by atoms with E-state index in [1.165, 1.54) is 80.7 Å². The number of hydrogen-bond acceptors (Lipinski definition) is 2. The molecule has 0 fully saturated rings. The highest BCUT2D eigenvalue weighted by Crippen LogP contribution is 2.49. The fourth-order valence-corrected chi connectivity index (χ4v) is 9.89. The van der Waals surface area contributed by atoms with Crippen LogP contribution in [0.3, 0.4) is 0 Å². The standard InChI is InChI=1S/C52H34N2S/c1-3-16-36(17-4-1)42-27-14-29-45-46-30-15-33-49(52(46)55-51(42)45)53(47-32-12-19-35-18-7-8-24-40(35)47)39-23-11-20-37(34-39)41-26-13-28-44-43-25-9-10-31-48(43)54(50(41)44)38-21-5-2-6-22-38/h1-34H. The van der Waals surface area contributed by atoms with Gasteiger partial charge in [-0.2, -0.15) is 0 Å². The zero-order valence-corrected chi connectivity index (χ0v) is 30.7. The Morgan fingerprint density at radius 1 is 0.382 bits per heavy atom. The fraction of sp³-hybridized carbons (Fsp3) is 0. The zero-order valence-electron chi connectivity index (χ0n) is 29.9. The Morgan fingerprint density at radius 3 is 1.82 bits per heavy atom. The number of benzene rings is 9. The first kappa shape index (κ1) is 31.6. The molecular formula is C52H34N2S. The molecule has 0 aliphatic rings. The Bertz CT molecular complexity index is 3200. The van der Waals surface area contributed by atoms with Gasteiger partial charge in [-0.1, -0.05) is 164 Å². The third kappa shape index (κ3) is 5.09. The van der Waals surface area contributed by atoms with Gasteiger partial charge >= 0.3 is 0 Å². The molecule has 2 nitrogen and oxygen atoms in total. The summed E-state index contributed by atoms with van der Waals surface area (Å²) in [6.45, 7) is 0. The molecule has 0 atom stereocenters. The molecule has 0 radical (unpaired) electrons. The van der Waals surface area contributed by atoms with Crippen molar-refractivity contribution in [3.05, 3.63) is 206 Å². The van der Waals surface area contributed by atoms with Gasteiger partial charge in [0.2, 0.25) is 0 Å². The molecule has 0 spiro atoms. The highest BCUT2D eigenvalue weighted by atomic mass is 32.1. The monoisotopic (exact) mass is 718 g/mol. The first-order chi connectivity index (χ1) is 27.3. The lowest BCUT2D eigenvalue weighted by Gasteiger charge is -2.28. The van der Waals surface area contributed by atoms with Crippen LogP contribution in [-0.2, 0) is 0 Å². The van der Waals surface area contributed by atoms with Gasteiger partial charge < -0.3 is 9.47 Å². The van der Waals surface area contributed by atoms with E-state index in [1.807, 2.05) is 11.3 Å². The minimum absolute atomic E-state index is 1.11. The Hall–Kier alpha value is -6.94. The average Bonchev–Trinajstić information content (AvgIpc) is 3.81. The van der Waals surface area contributed by atoms with Crippen LogP contribution in [0, 0.1) is 0 Å².